The number of esters is 2. The van der Waals surface area contributed by atoms with Gasteiger partial charge in [-0.25, -0.2) is 0 Å². The second-order valence-electron chi connectivity index (χ2n) is 6.82. The molecule has 1 heterocycles. The molecule has 0 aromatic rings. The lowest BCUT2D eigenvalue weighted by Gasteiger charge is -2.40. The zero-order valence-corrected chi connectivity index (χ0v) is 17.4. The van der Waals surface area contributed by atoms with E-state index in [0.717, 1.165) is 0 Å². The Morgan fingerprint density at radius 1 is 1.11 bits per heavy atom. The van der Waals surface area contributed by atoms with E-state index in [9.17, 15) is 9.59 Å². The molecule has 27 heavy (non-hydrogen) atoms. The van der Waals surface area contributed by atoms with Gasteiger partial charge in [-0.15, -0.1) is 0 Å². The van der Waals surface area contributed by atoms with Gasteiger partial charge in [-0.2, -0.15) is 0 Å². The Morgan fingerprint density at radius 3 is 2.33 bits per heavy atom. The molecule has 0 amide bonds. The minimum atomic E-state index is -0.910. The van der Waals surface area contributed by atoms with Gasteiger partial charge in [-0.05, 0) is 6.92 Å². The standard InChI is InChI=1S/C17H31ClNO8/c1-6-22-11-25-15-14(26-12(2)20)9-24-17(16(15)27-13(3)21)23-8-7-19(4,5)10-18/h14-17H,6-11H2,1-5H3/q+1/t14-,15+,16-,17-/m1/s1. The third kappa shape index (κ3) is 8.71. The van der Waals surface area contributed by atoms with Gasteiger partial charge in [0.2, 0.25) is 0 Å². The number of quaternary nitrogens is 1. The smallest absolute Gasteiger partial charge is 0.303 e. The Hall–Kier alpha value is -0.970. The molecule has 0 aromatic carbocycles. The van der Waals surface area contributed by atoms with E-state index in [4.69, 9.17) is 40.0 Å². The summed E-state index contributed by atoms with van der Waals surface area (Å²) < 4.78 is 33.5. The predicted molar refractivity (Wildman–Crippen MR) is 95.9 cm³/mol. The quantitative estimate of drug-likeness (QED) is 0.123. The number of hydrogen-bond donors (Lipinski definition) is 0. The van der Waals surface area contributed by atoms with Crippen molar-refractivity contribution in [3.63, 3.8) is 0 Å². The van der Waals surface area contributed by atoms with Crippen molar-refractivity contribution >= 4 is 23.5 Å². The average molecular weight is 413 g/mol. The summed E-state index contributed by atoms with van der Waals surface area (Å²) in [6.45, 7) is 5.81. The number of nitrogens with zero attached hydrogens (tertiary/aromatic N) is 1. The topological polar surface area (TPSA) is 89.5 Å². The first-order valence-electron chi connectivity index (χ1n) is 8.85. The highest BCUT2D eigenvalue weighted by Gasteiger charge is 2.46. The van der Waals surface area contributed by atoms with Gasteiger partial charge in [0.15, 0.2) is 24.5 Å². The van der Waals surface area contributed by atoms with Crippen molar-refractivity contribution in [2.75, 3.05) is 53.3 Å². The van der Waals surface area contributed by atoms with Gasteiger partial charge in [-0.3, -0.25) is 9.59 Å². The number of carbonyl (C=O) groups is 2. The molecule has 10 heteroatoms. The van der Waals surface area contributed by atoms with Gasteiger partial charge < -0.3 is 32.9 Å². The zero-order chi connectivity index (χ0) is 20.4. The van der Waals surface area contributed by atoms with Crippen LogP contribution in [0.4, 0.5) is 0 Å². The van der Waals surface area contributed by atoms with Crippen LogP contribution in [0.2, 0.25) is 0 Å². The van der Waals surface area contributed by atoms with Crippen LogP contribution >= 0.6 is 11.6 Å². The summed E-state index contributed by atoms with van der Waals surface area (Å²) in [5.74, 6) is -1.02. The molecule has 158 valence electrons. The molecule has 1 aliphatic heterocycles. The number of halogens is 1. The molecule has 4 atom stereocenters. The number of likely N-dealkylation sites (N-methyl/N-ethyl adjacent to an activating group) is 1. The van der Waals surface area contributed by atoms with E-state index in [1.807, 2.05) is 21.0 Å². The monoisotopic (exact) mass is 412 g/mol. The van der Waals surface area contributed by atoms with E-state index in [2.05, 4.69) is 0 Å². The molecule has 0 radical (unpaired) electrons. The molecule has 0 bridgehead atoms. The fourth-order valence-corrected chi connectivity index (χ4v) is 2.52. The lowest BCUT2D eigenvalue weighted by atomic mass is 10.0. The first-order chi connectivity index (χ1) is 12.7. The number of hydrogen-bond acceptors (Lipinski definition) is 8. The molecule has 0 N–H and O–H groups in total. The maximum atomic E-state index is 11.6. The molecule has 0 unspecified atom stereocenters. The lowest BCUT2D eigenvalue weighted by Crippen LogP contribution is -2.58. The Labute approximate surface area is 165 Å². The van der Waals surface area contributed by atoms with Crippen molar-refractivity contribution < 1.29 is 42.5 Å². The van der Waals surface area contributed by atoms with E-state index >= 15 is 0 Å². The number of carbonyl (C=O) groups excluding carboxylic acids is 2. The van der Waals surface area contributed by atoms with Gasteiger partial charge >= 0.3 is 11.9 Å². The maximum Gasteiger partial charge on any atom is 0.303 e. The second kappa shape index (κ2) is 11.8. The Bertz CT molecular complexity index is 476. The van der Waals surface area contributed by atoms with Crippen LogP contribution in [0, 0.1) is 0 Å². The van der Waals surface area contributed by atoms with Crippen molar-refractivity contribution in [3.05, 3.63) is 0 Å². The van der Waals surface area contributed by atoms with E-state index in [-0.39, 0.29) is 13.4 Å². The molecule has 0 aliphatic carbocycles. The molecule has 1 rings (SSSR count). The van der Waals surface area contributed by atoms with Crippen LogP contribution in [-0.4, -0.2) is 94.3 Å². The van der Waals surface area contributed by atoms with Gasteiger partial charge in [0.1, 0.15) is 19.4 Å². The molecule has 0 saturated carbocycles. The van der Waals surface area contributed by atoms with Crippen LogP contribution in [-0.2, 0) is 38.0 Å². The van der Waals surface area contributed by atoms with Crippen LogP contribution in [0.25, 0.3) is 0 Å². The van der Waals surface area contributed by atoms with Gasteiger partial charge in [0, 0.05) is 20.5 Å². The Balaban J connectivity index is 2.85. The normalized spacial score (nSPS) is 25.9. The molecule has 1 aliphatic rings. The van der Waals surface area contributed by atoms with Crippen molar-refractivity contribution in [2.45, 2.75) is 45.4 Å². The highest BCUT2D eigenvalue weighted by atomic mass is 35.5. The second-order valence-corrected chi connectivity index (χ2v) is 7.05. The van der Waals surface area contributed by atoms with Crippen molar-refractivity contribution in [2.24, 2.45) is 0 Å². The highest BCUT2D eigenvalue weighted by molar-refractivity contribution is 6.16. The molecular weight excluding hydrogens is 382 g/mol. The van der Waals surface area contributed by atoms with Crippen LogP contribution in [0.1, 0.15) is 20.8 Å². The first-order valence-corrected chi connectivity index (χ1v) is 9.38. The Morgan fingerprint density at radius 2 is 1.78 bits per heavy atom. The molecule has 0 aromatic heterocycles. The summed E-state index contributed by atoms with van der Waals surface area (Å²) >= 11 is 5.91. The minimum Gasteiger partial charge on any atom is -0.457 e. The molecule has 0 spiro atoms. The van der Waals surface area contributed by atoms with E-state index < -0.39 is 36.5 Å². The van der Waals surface area contributed by atoms with Crippen LogP contribution in [0.15, 0.2) is 0 Å². The molecule has 9 nitrogen and oxygen atoms in total. The van der Waals surface area contributed by atoms with Crippen molar-refractivity contribution in [3.8, 4) is 0 Å². The number of rotatable bonds is 11. The predicted octanol–water partition coefficient (Wildman–Crippen LogP) is 0.875. The summed E-state index contributed by atoms with van der Waals surface area (Å²) in [6, 6.07) is 0.427. The summed E-state index contributed by atoms with van der Waals surface area (Å²) in [7, 11) is 3.93. The Kier molecular flexibility index (Phi) is 10.5. The van der Waals surface area contributed by atoms with Crippen LogP contribution in [0.5, 0.6) is 0 Å². The number of ether oxygens (including phenoxy) is 6. The summed E-state index contributed by atoms with van der Waals surface area (Å²) in [5.41, 5.74) is 0. The van der Waals surface area contributed by atoms with Gasteiger partial charge in [0.05, 0.1) is 27.3 Å². The van der Waals surface area contributed by atoms with E-state index in [1.165, 1.54) is 13.8 Å². The maximum absolute atomic E-state index is 11.6. The first kappa shape index (κ1) is 24.1. The van der Waals surface area contributed by atoms with Gasteiger partial charge in [-0.1, -0.05) is 11.6 Å². The summed E-state index contributed by atoms with van der Waals surface area (Å²) in [6.07, 6.45) is -3.30. The fourth-order valence-electron chi connectivity index (χ4n) is 2.41. The van der Waals surface area contributed by atoms with Crippen molar-refractivity contribution in [1.82, 2.24) is 0 Å². The third-order valence-corrected chi connectivity index (χ3v) is 4.50. The molecule has 1 fully saturated rings. The van der Waals surface area contributed by atoms with Crippen LogP contribution in [0.3, 0.4) is 0 Å². The van der Waals surface area contributed by atoms with Gasteiger partial charge in [0.25, 0.3) is 0 Å². The summed E-state index contributed by atoms with van der Waals surface area (Å²) in [4.78, 5) is 23.0. The zero-order valence-electron chi connectivity index (χ0n) is 16.6. The molecule has 1 saturated heterocycles. The van der Waals surface area contributed by atoms with E-state index in [0.29, 0.717) is 30.2 Å². The molecular formula is C17H31ClNO8+. The van der Waals surface area contributed by atoms with E-state index in [1.54, 1.807) is 0 Å². The third-order valence-electron chi connectivity index (χ3n) is 3.85. The fraction of sp³-hybridized carbons (Fsp3) is 0.882. The number of alkyl halides is 1. The lowest BCUT2D eigenvalue weighted by molar-refractivity contribution is -0.879. The average Bonchev–Trinajstić information content (AvgIpc) is 2.58. The highest BCUT2D eigenvalue weighted by Crippen LogP contribution is 2.25. The summed E-state index contributed by atoms with van der Waals surface area (Å²) in [5, 5.41) is 0. The van der Waals surface area contributed by atoms with Crippen LogP contribution < -0.4 is 0 Å². The van der Waals surface area contributed by atoms with Crippen molar-refractivity contribution in [1.29, 1.82) is 0 Å². The minimum absolute atomic E-state index is 0.0421. The SMILES string of the molecule is CCOCO[C@@H]1[C@@H](OC(C)=O)[C@H](OCC[N+](C)(C)CCl)OC[C@H]1OC(C)=O. The largest absolute Gasteiger partial charge is 0.457 e.